The molecule has 8 nitrogen and oxygen atoms in total. The monoisotopic (exact) mass is 652 g/mol. The zero-order valence-electron chi connectivity index (χ0n) is 26.8. The van der Waals surface area contributed by atoms with Gasteiger partial charge in [0.05, 0.1) is 37.0 Å². The number of carbonyl (C=O) groups excluding carboxylic acids is 1. The number of halogens is 3. The number of benzene rings is 2. The number of rotatable bonds is 8. The van der Waals surface area contributed by atoms with E-state index in [1.807, 2.05) is 34.1 Å². The number of piperidine rings is 1. The Kier molecular flexibility index (Phi) is 9.70. The minimum absolute atomic E-state index is 0.00444. The van der Waals surface area contributed by atoms with Crippen LogP contribution in [-0.2, 0) is 15.8 Å². The highest BCUT2D eigenvalue weighted by Crippen LogP contribution is 2.44. The Balaban J connectivity index is 1.29. The zero-order chi connectivity index (χ0) is 33.3. The fourth-order valence-electron chi connectivity index (χ4n) is 8.47. The second kappa shape index (κ2) is 13.8. The number of hydrogen-bond acceptors (Lipinski definition) is 6. The number of alkyl halides is 3. The number of methoxy groups -OCH3 is 1. The second-order valence-corrected chi connectivity index (χ2v) is 13.7. The van der Waals surface area contributed by atoms with Gasteiger partial charge in [0.15, 0.2) is 0 Å². The van der Waals surface area contributed by atoms with Gasteiger partial charge in [0.2, 0.25) is 5.91 Å². The van der Waals surface area contributed by atoms with Crippen molar-refractivity contribution in [1.29, 1.82) is 5.26 Å². The molecule has 0 radical (unpaired) electrons. The van der Waals surface area contributed by atoms with Crippen LogP contribution < -0.4 is 9.64 Å². The van der Waals surface area contributed by atoms with E-state index in [1.54, 1.807) is 7.11 Å². The van der Waals surface area contributed by atoms with Crippen molar-refractivity contribution in [1.82, 2.24) is 9.80 Å². The lowest BCUT2D eigenvalue weighted by molar-refractivity contribution is -0.142. The van der Waals surface area contributed by atoms with Crippen molar-refractivity contribution in [3.63, 3.8) is 0 Å². The van der Waals surface area contributed by atoms with Crippen molar-refractivity contribution < 1.29 is 32.6 Å². The Labute approximate surface area is 274 Å². The summed E-state index contributed by atoms with van der Waals surface area (Å²) in [6, 6.07) is 14.1. The van der Waals surface area contributed by atoms with E-state index in [2.05, 4.69) is 11.0 Å². The van der Waals surface area contributed by atoms with Crippen molar-refractivity contribution >= 4 is 17.6 Å². The molecular weight excluding hydrogens is 609 g/mol. The van der Waals surface area contributed by atoms with Gasteiger partial charge in [-0.3, -0.25) is 14.5 Å². The number of amides is 1. The van der Waals surface area contributed by atoms with E-state index >= 15 is 0 Å². The number of aliphatic carboxylic acids is 1. The third-order valence-corrected chi connectivity index (χ3v) is 11.1. The maximum Gasteiger partial charge on any atom is 0.416 e. The first-order chi connectivity index (χ1) is 22.6. The summed E-state index contributed by atoms with van der Waals surface area (Å²) in [4.78, 5) is 32.3. The molecule has 4 fully saturated rings. The van der Waals surface area contributed by atoms with Crippen LogP contribution in [0.25, 0.3) is 0 Å². The fraction of sp³-hybridized carbons (Fsp3) is 0.583. The lowest BCUT2D eigenvalue weighted by Gasteiger charge is -2.34. The molecule has 0 aromatic heterocycles. The van der Waals surface area contributed by atoms with Crippen molar-refractivity contribution in [2.75, 3.05) is 44.7 Å². The van der Waals surface area contributed by atoms with E-state index in [-0.39, 0.29) is 36.1 Å². The highest BCUT2D eigenvalue weighted by atomic mass is 19.4. The van der Waals surface area contributed by atoms with E-state index < -0.39 is 23.6 Å². The molecule has 6 rings (SSSR count). The molecular formula is C36H43F3N4O4. The van der Waals surface area contributed by atoms with Gasteiger partial charge in [0, 0.05) is 62.3 Å². The summed E-state index contributed by atoms with van der Waals surface area (Å²) in [5, 5.41) is 19.3. The van der Waals surface area contributed by atoms with E-state index in [9.17, 15) is 33.1 Å². The Morgan fingerprint density at radius 1 is 1.00 bits per heavy atom. The molecule has 0 bridgehead atoms. The van der Waals surface area contributed by atoms with Gasteiger partial charge in [-0.15, -0.1) is 0 Å². The Morgan fingerprint density at radius 3 is 2.32 bits per heavy atom. The van der Waals surface area contributed by atoms with Gasteiger partial charge in [-0.1, -0.05) is 31.0 Å². The van der Waals surface area contributed by atoms with Gasteiger partial charge in [-0.05, 0) is 67.5 Å². The van der Waals surface area contributed by atoms with E-state index in [0.717, 1.165) is 42.3 Å². The molecule has 0 unspecified atom stereocenters. The number of nitrogens with zero attached hydrogens (tertiary/aromatic N) is 4. The molecule has 2 aromatic carbocycles. The Morgan fingerprint density at radius 2 is 1.70 bits per heavy atom. The number of ether oxygens (including phenoxy) is 1. The second-order valence-electron chi connectivity index (χ2n) is 13.7. The minimum Gasteiger partial charge on any atom is -0.497 e. The van der Waals surface area contributed by atoms with Crippen molar-refractivity contribution in [2.45, 2.75) is 81.5 Å². The summed E-state index contributed by atoms with van der Waals surface area (Å²) in [5.74, 6) is -1.22. The van der Waals surface area contributed by atoms with Gasteiger partial charge in [0.1, 0.15) is 5.75 Å². The van der Waals surface area contributed by atoms with Crippen LogP contribution >= 0.6 is 0 Å². The van der Waals surface area contributed by atoms with Crippen LogP contribution in [0.3, 0.4) is 0 Å². The maximum absolute atomic E-state index is 14.6. The summed E-state index contributed by atoms with van der Waals surface area (Å²) in [6.07, 6.45) is 1.43. The molecule has 1 saturated carbocycles. The first-order valence-corrected chi connectivity index (χ1v) is 16.8. The summed E-state index contributed by atoms with van der Waals surface area (Å²) in [7, 11) is 1.62. The van der Waals surface area contributed by atoms with Crippen molar-refractivity contribution in [3.8, 4) is 11.8 Å². The van der Waals surface area contributed by atoms with Crippen LogP contribution in [0.1, 0.15) is 79.9 Å². The van der Waals surface area contributed by atoms with Crippen LogP contribution in [0, 0.1) is 23.2 Å². The predicted molar refractivity (Wildman–Crippen MR) is 170 cm³/mol. The molecule has 2 aromatic rings. The Bertz CT molecular complexity index is 1480. The fourth-order valence-corrected chi connectivity index (χ4v) is 8.47. The number of anilines is 1. The molecule has 4 atom stereocenters. The topological polar surface area (TPSA) is 97.1 Å². The van der Waals surface area contributed by atoms with Gasteiger partial charge in [-0.2, -0.15) is 18.4 Å². The largest absolute Gasteiger partial charge is 0.497 e. The minimum atomic E-state index is -4.53. The average molecular weight is 653 g/mol. The molecule has 47 heavy (non-hydrogen) atoms. The molecule has 3 saturated heterocycles. The summed E-state index contributed by atoms with van der Waals surface area (Å²) in [6.45, 7) is 2.42. The van der Waals surface area contributed by atoms with Crippen LogP contribution in [-0.4, -0.2) is 78.7 Å². The summed E-state index contributed by atoms with van der Waals surface area (Å²) >= 11 is 0. The van der Waals surface area contributed by atoms with E-state index in [4.69, 9.17) is 4.74 Å². The highest BCUT2D eigenvalue weighted by molar-refractivity contribution is 5.82. The number of nitriles is 1. The standard InChI is InChI=1S/C36H43F3N4O4/c1-47-29-9-6-23(7-10-29)31-21-42(27-4-2-3-5-27)22-32(31)34(44)43-20-25(18-28(43)12-15-40)30-11-8-26(36(37,38)39)19-33(30)41-16-13-24(14-17-41)35(45)46/h6-11,19,24-25,27-28,31-32H,2-5,12-14,16-18,20-22H2,1H3,(H,45,46)/t25-,28-,31+,32-/m1/s1. The first-order valence-electron chi connectivity index (χ1n) is 16.8. The van der Waals surface area contributed by atoms with Gasteiger partial charge in [-0.25, -0.2) is 0 Å². The average Bonchev–Trinajstić information content (AvgIpc) is 3.85. The molecule has 3 aliphatic heterocycles. The van der Waals surface area contributed by atoms with Crippen molar-refractivity contribution in [2.24, 2.45) is 11.8 Å². The molecule has 252 valence electrons. The SMILES string of the molecule is COc1ccc([C@@H]2CN(C3CCCC3)C[C@H]2C(=O)N2C[C@H](c3ccc(C(F)(F)F)cc3N3CCC(C(=O)O)CC3)C[C@H]2CC#N)cc1. The summed E-state index contributed by atoms with van der Waals surface area (Å²) in [5.41, 5.74) is 1.49. The van der Waals surface area contributed by atoms with Crippen LogP contribution in [0.15, 0.2) is 42.5 Å². The van der Waals surface area contributed by atoms with E-state index in [0.29, 0.717) is 57.2 Å². The maximum atomic E-state index is 14.6. The lowest BCUT2D eigenvalue weighted by Crippen LogP contribution is -2.42. The Hall–Kier alpha value is -3.78. The number of hydrogen-bond donors (Lipinski definition) is 1. The number of carboxylic acids is 1. The molecule has 1 aliphatic carbocycles. The first kappa shape index (κ1) is 33.1. The molecule has 1 amide bonds. The molecule has 3 heterocycles. The quantitative estimate of drug-likeness (QED) is 0.359. The van der Waals surface area contributed by atoms with Gasteiger partial charge < -0.3 is 19.6 Å². The smallest absolute Gasteiger partial charge is 0.416 e. The molecule has 1 N–H and O–H groups in total. The van der Waals surface area contributed by atoms with Gasteiger partial charge >= 0.3 is 12.1 Å². The lowest BCUT2D eigenvalue weighted by atomic mass is 9.87. The molecule has 4 aliphatic rings. The van der Waals surface area contributed by atoms with E-state index in [1.165, 1.54) is 25.0 Å². The number of carbonyl (C=O) groups is 2. The zero-order valence-corrected chi connectivity index (χ0v) is 26.8. The van der Waals surface area contributed by atoms with Crippen molar-refractivity contribution in [3.05, 3.63) is 59.2 Å². The highest BCUT2D eigenvalue weighted by Gasteiger charge is 2.47. The molecule has 0 spiro atoms. The number of carboxylic acid groups (broad SMARTS) is 1. The summed E-state index contributed by atoms with van der Waals surface area (Å²) < 4.78 is 47.0. The predicted octanol–water partition coefficient (Wildman–Crippen LogP) is 6.27. The molecule has 11 heteroatoms. The van der Waals surface area contributed by atoms with Crippen LogP contribution in [0.2, 0.25) is 0 Å². The number of likely N-dealkylation sites (tertiary alicyclic amines) is 2. The van der Waals surface area contributed by atoms with Crippen LogP contribution in [0.4, 0.5) is 18.9 Å². The third kappa shape index (κ3) is 6.94. The van der Waals surface area contributed by atoms with Gasteiger partial charge in [0.25, 0.3) is 0 Å². The van der Waals surface area contributed by atoms with Crippen LogP contribution in [0.5, 0.6) is 5.75 Å². The third-order valence-electron chi connectivity index (χ3n) is 11.1. The normalized spacial score (nSPS) is 26.1.